The standard InChI is InChI=1S/C20H26N6O2.C18H20N6O.C18H23N5O3S.C2H3I3.C2H4I2.CN.CH4.ClH.K/c1-6-28-17(21)18-24-19-16(12(2)3)11-22-26(19)20(25-18)23-13(4)14-8-7-9-15(10-14)27-5;1-11(2)15-10-20-24-17(15)22-16(9-19)23-18(24)21-12(3)13-6-5-7-14(8-13)25-4;1-11(2)15-10-19-23-16(15)21-18(27(5,24)25)22-17(23)20-12(3)13-7-6-8-14(9-13)26-4;1-2(3,4)5;1-2(3)4;1-2;;;/h7-13,21H,6H2,1-5H3,(H,23,24,25);5-8,10-12H,1-4H3,(H,21,22,23);6-12H,1-5H3,(H,20,21,22);1H3;2H,1H3;;1H4;1H;/q;;;;;-1;;;+1/t13-;2*12-;;;;;;/m000....../s1. The smallest absolute Gasteiger partial charge is 0.512 e. The second-order valence-electron chi connectivity index (χ2n) is 20.9. The zero-order valence-electron chi connectivity index (χ0n) is 54.8. The second-order valence-corrected chi connectivity index (χ2v) is 41.6. The van der Waals surface area contributed by atoms with Gasteiger partial charge in [0.2, 0.25) is 39.3 Å². The van der Waals surface area contributed by atoms with Crippen molar-refractivity contribution < 1.29 is 78.7 Å². The number of hydrogen-bond acceptors (Lipinski definition) is 21. The number of nitrogens with zero attached hydrogens (tertiary/aromatic N) is 14. The van der Waals surface area contributed by atoms with E-state index < -0.39 is 9.84 Å². The molecule has 0 saturated carbocycles. The minimum Gasteiger partial charge on any atom is -0.512 e. The number of alkyl halides is 5. The minimum absolute atomic E-state index is 0. The molecule has 4 N–H and O–H groups in total. The van der Waals surface area contributed by atoms with Crippen molar-refractivity contribution in [3.05, 3.63) is 143 Å². The van der Waals surface area contributed by atoms with Gasteiger partial charge in [0, 0.05) is 22.9 Å². The molecule has 6 aromatic heterocycles. The van der Waals surface area contributed by atoms with Crippen LogP contribution in [0.1, 0.15) is 171 Å². The van der Waals surface area contributed by atoms with Gasteiger partial charge in [0.25, 0.3) is 11.1 Å². The Hall–Kier alpha value is -3.91. The summed E-state index contributed by atoms with van der Waals surface area (Å²) in [6.45, 7) is 29.6. The molecule has 3 atom stereocenters. The zero-order valence-corrected chi connectivity index (χ0v) is 70.4. The van der Waals surface area contributed by atoms with Gasteiger partial charge in [0.1, 0.15) is 22.8 Å². The maximum absolute atomic E-state index is 12.1. The Morgan fingerprint density at radius 3 is 1.24 bits per heavy atom. The number of sulfone groups is 1. The van der Waals surface area contributed by atoms with Crippen molar-refractivity contribution in [2.24, 2.45) is 0 Å². The zero-order chi connectivity index (χ0) is 68.1. The van der Waals surface area contributed by atoms with Crippen LogP contribution in [0.3, 0.4) is 0 Å². The Kier molecular flexibility index (Phi) is 39.5. The van der Waals surface area contributed by atoms with E-state index in [9.17, 15) is 13.7 Å². The molecule has 9 rings (SSSR count). The van der Waals surface area contributed by atoms with E-state index in [-0.39, 0.29) is 130 Å². The molecular weight excluding hydrogens is 1830 g/mol. The number of nitriles is 1. The second kappa shape index (κ2) is 42.1. The minimum atomic E-state index is -3.57. The Morgan fingerprint density at radius 2 is 0.936 bits per heavy atom. The van der Waals surface area contributed by atoms with Crippen molar-refractivity contribution in [2.45, 2.75) is 133 Å². The number of methoxy groups -OCH3 is 3. The largest absolute Gasteiger partial charge is 1.00 e. The van der Waals surface area contributed by atoms with Gasteiger partial charge in [0.15, 0.2) is 16.9 Å². The van der Waals surface area contributed by atoms with Crippen LogP contribution in [0, 0.1) is 28.6 Å². The predicted molar refractivity (Wildman–Crippen MR) is 413 cm³/mol. The molecule has 0 aliphatic rings. The number of benzene rings is 3. The van der Waals surface area contributed by atoms with E-state index in [4.69, 9.17) is 36.2 Å². The van der Waals surface area contributed by atoms with Crippen molar-refractivity contribution >= 4 is 176 Å². The third-order valence-electron chi connectivity index (χ3n) is 12.8. The van der Waals surface area contributed by atoms with Gasteiger partial charge in [-0.1, -0.05) is 198 Å². The normalized spacial score (nSPS) is 11.7. The quantitative estimate of drug-likeness (QED) is 0.0155. The summed E-state index contributed by atoms with van der Waals surface area (Å²) in [4.78, 5) is 26.1. The first kappa shape index (κ1) is 88.1. The van der Waals surface area contributed by atoms with Gasteiger partial charge in [0.05, 0.1) is 66.6 Å². The van der Waals surface area contributed by atoms with Crippen molar-refractivity contribution in [3.8, 4) is 23.3 Å². The third kappa shape index (κ3) is 26.7. The Bertz CT molecular complexity index is 4020. The maximum Gasteiger partial charge on any atom is 1.00 e. The maximum atomic E-state index is 12.1. The summed E-state index contributed by atoms with van der Waals surface area (Å²) in [6, 6.07) is 25.0. The fourth-order valence-corrected chi connectivity index (χ4v) is 8.76. The van der Waals surface area contributed by atoms with E-state index in [1.165, 1.54) is 0 Å². The van der Waals surface area contributed by atoms with Gasteiger partial charge < -0.3 is 46.7 Å². The van der Waals surface area contributed by atoms with Crippen molar-refractivity contribution in [3.63, 3.8) is 0 Å². The first-order valence-corrected chi connectivity index (χ1v) is 35.9. The van der Waals surface area contributed by atoms with Gasteiger partial charge in [-0.25, -0.2) is 13.4 Å². The van der Waals surface area contributed by atoms with Crippen LogP contribution in [0.2, 0.25) is 0 Å². The number of rotatable bonds is 18. The summed E-state index contributed by atoms with van der Waals surface area (Å²) < 4.78 is 51.4. The van der Waals surface area contributed by atoms with Crippen LogP contribution in [0.25, 0.3) is 16.9 Å². The molecule has 0 spiro atoms. The number of halogens is 6. The molecule has 6 heterocycles. The molecule has 0 bridgehead atoms. The Labute approximate surface area is 669 Å². The van der Waals surface area contributed by atoms with E-state index >= 15 is 0 Å². The number of ether oxygens (including phenoxy) is 4. The first-order chi connectivity index (χ1) is 42.9. The molecule has 504 valence electrons. The monoisotopic (exact) mass is 1910 g/mol. The number of anilines is 3. The van der Waals surface area contributed by atoms with Gasteiger partial charge >= 0.3 is 51.4 Å². The van der Waals surface area contributed by atoms with E-state index in [0.717, 1.165) is 58.8 Å². The molecule has 0 fully saturated rings. The molecule has 9 aromatic rings. The number of hydrogen-bond donors (Lipinski definition) is 4. The summed E-state index contributed by atoms with van der Waals surface area (Å²) in [5.74, 6) is 4.58. The van der Waals surface area contributed by atoms with Crippen LogP contribution in [0.5, 0.6) is 17.2 Å². The fraction of sp³-hybridized carbons (Fsp3) is 0.419. The molecule has 0 aliphatic carbocycles. The summed E-state index contributed by atoms with van der Waals surface area (Å²) in [7, 11) is 1.33. The number of aromatic nitrogens is 12. The van der Waals surface area contributed by atoms with Crippen LogP contribution in [-0.4, -0.2) is 109 Å². The van der Waals surface area contributed by atoms with Crippen molar-refractivity contribution in [1.29, 1.82) is 15.9 Å². The van der Waals surface area contributed by atoms with Crippen LogP contribution < -0.4 is 81.5 Å². The molecule has 0 unspecified atom stereocenters. The Balaban J connectivity index is 0.000000643. The first-order valence-electron chi connectivity index (χ1n) is 28.3. The van der Waals surface area contributed by atoms with Crippen molar-refractivity contribution in [2.75, 3.05) is 50.1 Å². The summed E-state index contributed by atoms with van der Waals surface area (Å²) in [5.41, 5.74) is 7.70. The van der Waals surface area contributed by atoms with E-state index in [2.05, 4.69) is 216 Å². The molecule has 32 heteroatoms. The molecule has 0 radical (unpaired) electrons. The molecule has 0 saturated heterocycles. The molecule has 94 heavy (non-hydrogen) atoms. The van der Waals surface area contributed by atoms with Gasteiger partial charge in [-0.3, -0.25) is 5.41 Å². The molecule has 3 aromatic carbocycles. The van der Waals surface area contributed by atoms with Crippen LogP contribution in [-0.2, 0) is 14.6 Å². The van der Waals surface area contributed by atoms with E-state index in [1.807, 2.05) is 120 Å². The summed E-state index contributed by atoms with van der Waals surface area (Å²) in [5, 5.41) is 46.6. The Morgan fingerprint density at radius 1 is 0.617 bits per heavy atom. The average molecular weight is 1920 g/mol. The summed E-state index contributed by atoms with van der Waals surface area (Å²) in [6.07, 6.45) is 6.36. The van der Waals surface area contributed by atoms with Crippen LogP contribution in [0.4, 0.5) is 17.8 Å². The van der Waals surface area contributed by atoms with E-state index in [1.54, 1.807) is 53.5 Å². The number of nitrogens with one attached hydrogen (secondary N) is 4. The molecule has 0 aliphatic heterocycles. The van der Waals surface area contributed by atoms with E-state index in [0.29, 0.717) is 40.8 Å². The topological polar surface area (TPSA) is 308 Å². The molecular formula is C62H81ClI5KN18O6S. The average Bonchev–Trinajstić information content (AvgIpc) is 1.59. The fourth-order valence-electron chi connectivity index (χ4n) is 8.26. The summed E-state index contributed by atoms with van der Waals surface area (Å²) >= 11 is 11.7. The van der Waals surface area contributed by atoms with Gasteiger partial charge in [-0.15, -0.1) is 12.4 Å². The molecule has 24 nitrogen and oxygen atoms in total. The number of fused-ring (bicyclic) bond motifs is 3. The SMILES string of the molecule is C.CC(I)(I)I.CC(I)I.CCOC(=N)c1nc(N[C@@H](C)c2cccc(OC)c2)n2ncc(C(C)C)c2n1.COc1cccc([C@H](C)Nc2nc(C#N)nc3c(C(C)C)cnn23)c1.COc1cccc([C@H](C)Nc2nc(S(C)(=O)=O)nc3c(C(C)C)cnn23)c1.Cl.[C-]#N.[K+]. The van der Waals surface area contributed by atoms with Crippen LogP contribution >= 0.6 is 125 Å². The van der Waals surface area contributed by atoms with Crippen LogP contribution in [0.15, 0.2) is 96.5 Å². The van der Waals surface area contributed by atoms with Crippen molar-refractivity contribution in [1.82, 2.24) is 58.7 Å². The predicted octanol–water partition coefficient (Wildman–Crippen LogP) is 13.3. The van der Waals surface area contributed by atoms with Gasteiger partial charge in [-0.05, 0) is 112 Å². The third-order valence-corrected chi connectivity index (χ3v) is 13.6. The molecule has 0 amide bonds. The van der Waals surface area contributed by atoms with Gasteiger partial charge in [-0.2, -0.15) is 59.0 Å².